The van der Waals surface area contributed by atoms with E-state index in [1.54, 1.807) is 0 Å². The quantitative estimate of drug-likeness (QED) is 0.401. The Kier molecular flexibility index (Phi) is 4.75. The van der Waals surface area contributed by atoms with Gasteiger partial charge in [0.1, 0.15) is 5.56 Å². The van der Waals surface area contributed by atoms with Crippen LogP contribution in [0.2, 0.25) is 0 Å². The lowest BCUT2D eigenvalue weighted by Gasteiger charge is -2.30. The molecule has 2 aromatic heterocycles. The summed E-state index contributed by atoms with van der Waals surface area (Å²) in [7, 11) is 2.01. The number of H-pyrrole nitrogens is 2. The highest BCUT2D eigenvalue weighted by molar-refractivity contribution is 5.85. The molecule has 0 bridgehead atoms. The van der Waals surface area contributed by atoms with Crippen molar-refractivity contribution in [3.05, 3.63) is 97.8 Å². The highest BCUT2D eigenvalue weighted by atomic mass is 16.3. The molecule has 0 saturated heterocycles. The van der Waals surface area contributed by atoms with Gasteiger partial charge in [-0.05, 0) is 23.6 Å². The summed E-state index contributed by atoms with van der Waals surface area (Å²) in [6, 6.07) is 17.5. The van der Waals surface area contributed by atoms with Crippen molar-refractivity contribution in [1.82, 2.24) is 14.5 Å². The van der Waals surface area contributed by atoms with Crippen molar-refractivity contribution < 1.29 is 10.0 Å². The first-order chi connectivity index (χ1) is 15.0. The molecule has 3 heterocycles. The van der Waals surface area contributed by atoms with Crippen LogP contribution in [-0.4, -0.2) is 33.2 Å². The molecule has 0 aliphatic carbocycles. The van der Waals surface area contributed by atoms with E-state index < -0.39 is 11.2 Å². The lowest BCUT2D eigenvalue weighted by Crippen LogP contribution is -3.10. The largest absolute Gasteiger partial charge is 0.494 e. The Morgan fingerprint density at radius 1 is 1.06 bits per heavy atom. The highest BCUT2D eigenvalue weighted by Gasteiger charge is 2.37. The number of nitrogens with zero attached hydrogens (tertiary/aromatic N) is 1. The Labute approximate surface area is 178 Å². The van der Waals surface area contributed by atoms with Gasteiger partial charge >= 0.3 is 5.69 Å². The summed E-state index contributed by atoms with van der Waals surface area (Å²) in [5.74, 6) is -0.250. The van der Waals surface area contributed by atoms with Crippen molar-refractivity contribution in [3.63, 3.8) is 0 Å². The van der Waals surface area contributed by atoms with Crippen LogP contribution < -0.4 is 16.1 Å². The number of hydrogen-bond donors (Lipinski definition) is 4. The van der Waals surface area contributed by atoms with Crippen LogP contribution in [0.4, 0.5) is 0 Å². The fourth-order valence-corrected chi connectivity index (χ4v) is 4.77. The third-order valence-electron chi connectivity index (χ3n) is 6.36. The van der Waals surface area contributed by atoms with Crippen LogP contribution in [0.5, 0.6) is 5.88 Å². The van der Waals surface area contributed by atoms with Crippen LogP contribution in [-0.2, 0) is 19.4 Å². The molecule has 0 amide bonds. The van der Waals surface area contributed by atoms with Gasteiger partial charge < -0.3 is 15.0 Å². The summed E-state index contributed by atoms with van der Waals surface area (Å²) in [5, 5.41) is 12.3. The number of aromatic nitrogens is 3. The molecule has 4 N–H and O–H groups in total. The van der Waals surface area contributed by atoms with E-state index in [2.05, 4.69) is 16.0 Å². The number of benzene rings is 2. The number of likely N-dealkylation sites (N-methyl/N-ethyl adjacent to an activating group) is 1. The van der Waals surface area contributed by atoms with E-state index in [1.807, 2.05) is 55.6 Å². The Balaban J connectivity index is 1.62. The molecule has 2 atom stereocenters. The van der Waals surface area contributed by atoms with Gasteiger partial charge in [0.2, 0.25) is 5.88 Å². The number of quaternary nitrogens is 1. The summed E-state index contributed by atoms with van der Waals surface area (Å²) in [4.78, 5) is 32.4. The van der Waals surface area contributed by atoms with E-state index >= 15 is 0 Å². The van der Waals surface area contributed by atoms with Crippen molar-refractivity contribution >= 4 is 10.9 Å². The molecular formula is C24H25N4O3+. The molecule has 1 unspecified atom stereocenters. The smallest absolute Gasteiger partial charge is 0.331 e. The standard InChI is InChI=1S/C24H24N4O3/c1-27-13-12-17-16-9-5-6-10-18(16)25-20(17)21(27)19-22(29)26-24(31)28(23(19)30)14-11-15-7-3-2-4-8-15/h2-10,21,25,30H,11-14H2,1H3,(H,26,29,31)/p+1/t21-/m1/s1. The minimum atomic E-state index is -0.590. The zero-order valence-corrected chi connectivity index (χ0v) is 17.3. The molecule has 0 spiro atoms. The van der Waals surface area contributed by atoms with E-state index in [-0.39, 0.29) is 24.0 Å². The summed E-state index contributed by atoms with van der Waals surface area (Å²) >= 11 is 0. The molecule has 158 valence electrons. The van der Waals surface area contributed by atoms with Crippen LogP contribution >= 0.6 is 0 Å². The second kappa shape index (κ2) is 7.59. The number of aromatic amines is 2. The van der Waals surface area contributed by atoms with Gasteiger partial charge in [0, 0.05) is 23.9 Å². The van der Waals surface area contributed by atoms with Gasteiger partial charge in [-0.3, -0.25) is 14.3 Å². The number of fused-ring (bicyclic) bond motifs is 3. The number of rotatable bonds is 4. The average Bonchev–Trinajstić information content (AvgIpc) is 3.14. The minimum Gasteiger partial charge on any atom is -0.494 e. The van der Waals surface area contributed by atoms with Crippen LogP contribution in [0.3, 0.4) is 0 Å². The van der Waals surface area contributed by atoms with Gasteiger partial charge in [0.05, 0.1) is 19.3 Å². The average molecular weight is 417 g/mol. The number of nitrogens with one attached hydrogen (secondary N) is 3. The number of hydrogen-bond acceptors (Lipinski definition) is 3. The van der Waals surface area contributed by atoms with Crippen molar-refractivity contribution in [2.24, 2.45) is 0 Å². The molecule has 0 radical (unpaired) electrons. The first-order valence-corrected chi connectivity index (χ1v) is 10.6. The van der Waals surface area contributed by atoms with Crippen molar-refractivity contribution in [3.8, 4) is 5.88 Å². The summed E-state index contributed by atoms with van der Waals surface area (Å²) in [6.45, 7) is 1.10. The molecule has 1 aliphatic heterocycles. The molecule has 7 heteroatoms. The molecule has 1 aliphatic rings. The fraction of sp³-hybridized carbons (Fsp3) is 0.250. The summed E-state index contributed by atoms with van der Waals surface area (Å²) < 4.78 is 1.27. The van der Waals surface area contributed by atoms with Crippen molar-refractivity contribution in [2.75, 3.05) is 13.6 Å². The highest BCUT2D eigenvalue weighted by Crippen LogP contribution is 2.32. The lowest BCUT2D eigenvalue weighted by molar-refractivity contribution is -0.908. The van der Waals surface area contributed by atoms with E-state index in [0.717, 1.165) is 40.0 Å². The van der Waals surface area contributed by atoms with E-state index in [1.165, 1.54) is 10.1 Å². The van der Waals surface area contributed by atoms with Crippen molar-refractivity contribution in [2.45, 2.75) is 25.4 Å². The van der Waals surface area contributed by atoms with Gasteiger partial charge in [-0.25, -0.2) is 4.79 Å². The first kappa shape index (κ1) is 19.4. The Morgan fingerprint density at radius 3 is 2.61 bits per heavy atom. The predicted molar refractivity (Wildman–Crippen MR) is 119 cm³/mol. The minimum absolute atomic E-state index is 0.234. The molecule has 7 nitrogen and oxygen atoms in total. The first-order valence-electron chi connectivity index (χ1n) is 10.6. The molecule has 2 aromatic carbocycles. The van der Waals surface area contributed by atoms with Gasteiger partial charge in [0.25, 0.3) is 5.56 Å². The summed E-state index contributed by atoms with van der Waals surface area (Å²) in [5.41, 5.74) is 3.28. The third-order valence-corrected chi connectivity index (χ3v) is 6.36. The molecule has 31 heavy (non-hydrogen) atoms. The van der Waals surface area contributed by atoms with Gasteiger partial charge in [-0.2, -0.15) is 0 Å². The van der Waals surface area contributed by atoms with Gasteiger partial charge in [0.15, 0.2) is 6.04 Å². The van der Waals surface area contributed by atoms with E-state index in [0.29, 0.717) is 6.42 Å². The zero-order valence-electron chi connectivity index (χ0n) is 17.3. The van der Waals surface area contributed by atoms with Crippen molar-refractivity contribution in [1.29, 1.82) is 0 Å². The van der Waals surface area contributed by atoms with Gasteiger partial charge in [-0.1, -0.05) is 48.5 Å². The number of aryl methyl sites for hydroxylation is 1. The van der Waals surface area contributed by atoms with E-state index in [9.17, 15) is 14.7 Å². The lowest BCUT2D eigenvalue weighted by atomic mass is 9.94. The molecular weight excluding hydrogens is 392 g/mol. The maximum atomic E-state index is 12.9. The predicted octanol–water partition coefficient (Wildman–Crippen LogP) is 1.13. The monoisotopic (exact) mass is 417 g/mol. The summed E-state index contributed by atoms with van der Waals surface area (Å²) in [6.07, 6.45) is 1.46. The normalized spacial score (nSPS) is 18.2. The molecule has 0 fully saturated rings. The topological polar surface area (TPSA) is 95.3 Å². The zero-order chi connectivity index (χ0) is 21.5. The maximum absolute atomic E-state index is 12.9. The fourth-order valence-electron chi connectivity index (χ4n) is 4.77. The van der Waals surface area contributed by atoms with Gasteiger partial charge in [-0.15, -0.1) is 0 Å². The van der Waals surface area contributed by atoms with E-state index in [4.69, 9.17) is 0 Å². The second-order valence-electron chi connectivity index (χ2n) is 8.23. The molecule has 4 aromatic rings. The van der Waals surface area contributed by atoms with Crippen LogP contribution in [0.1, 0.15) is 28.4 Å². The number of para-hydroxylation sites is 1. The second-order valence-corrected chi connectivity index (χ2v) is 8.23. The maximum Gasteiger partial charge on any atom is 0.331 e. The van der Waals surface area contributed by atoms with Crippen LogP contribution in [0.25, 0.3) is 10.9 Å². The Bertz CT molecular complexity index is 1370. The third kappa shape index (κ3) is 3.27. The Morgan fingerprint density at radius 2 is 1.81 bits per heavy atom. The van der Waals surface area contributed by atoms with Crippen LogP contribution in [0, 0.1) is 0 Å². The SMILES string of the molecule is C[NH+]1CCc2c([nH]c3ccccc23)[C@H]1c1c(O)n(CCc2ccccc2)c(=O)[nH]c1=O. The Hall–Kier alpha value is -3.58. The molecule has 5 rings (SSSR count). The molecule has 0 saturated carbocycles. The van der Waals surface area contributed by atoms with Crippen LogP contribution in [0.15, 0.2) is 64.2 Å². The number of aromatic hydroxyl groups is 1.